The van der Waals surface area contributed by atoms with Crippen molar-refractivity contribution in [2.24, 2.45) is 42.9 Å². The van der Waals surface area contributed by atoms with Gasteiger partial charge >= 0.3 is 0 Å². The highest BCUT2D eigenvalue weighted by atomic mass is 35.5. The lowest BCUT2D eigenvalue weighted by Gasteiger charge is -2.05. The Balaban J connectivity index is 1.79. The van der Waals surface area contributed by atoms with Crippen LogP contribution in [-0.4, -0.2) is 36.9 Å². The number of benzene rings is 2. The van der Waals surface area contributed by atoms with E-state index < -0.39 is 48.3 Å². The van der Waals surface area contributed by atoms with Gasteiger partial charge in [-0.25, -0.2) is 0 Å². The summed E-state index contributed by atoms with van der Waals surface area (Å²) in [6, 6.07) is -3.25. The van der Waals surface area contributed by atoms with Crippen molar-refractivity contribution in [3.05, 3.63) is 58.4 Å². The van der Waals surface area contributed by atoms with Crippen LogP contribution in [0.25, 0.3) is 0 Å². The van der Waals surface area contributed by atoms with Crippen molar-refractivity contribution >= 4 is 58.4 Å². The van der Waals surface area contributed by atoms with Gasteiger partial charge in [0.15, 0.2) is 0 Å². The van der Waals surface area contributed by atoms with E-state index in [0.29, 0.717) is 25.9 Å². The molecule has 0 bridgehead atoms. The fraction of sp³-hybridized carbons (Fsp3) is 0.273. The quantitative estimate of drug-likeness (QED) is 0.170. The van der Waals surface area contributed by atoms with Gasteiger partial charge in [0.25, 0.3) is 0 Å². The van der Waals surface area contributed by atoms with Crippen molar-refractivity contribution in [3.63, 3.8) is 0 Å². The highest BCUT2D eigenvalue weighted by molar-refractivity contribution is 6.31. The summed E-state index contributed by atoms with van der Waals surface area (Å²) in [5, 5.41) is 4.40. The molecule has 0 fully saturated rings. The Morgan fingerprint density at radius 1 is 0.647 bits per heavy atom. The molecule has 2 aromatic carbocycles. The zero-order valence-electron chi connectivity index (χ0n) is 26.1. The van der Waals surface area contributed by atoms with Crippen molar-refractivity contribution in [1.29, 1.82) is 0 Å². The number of nitrogens with two attached hydrogens (primary N) is 4. The molecule has 0 atom stereocenters. The highest BCUT2D eigenvalue weighted by Gasteiger charge is 1.99. The lowest BCUT2D eigenvalue weighted by atomic mass is 10.2. The number of halogens is 2. The zero-order chi connectivity index (χ0) is 31.7. The van der Waals surface area contributed by atoms with Crippen LogP contribution >= 0.6 is 23.2 Å². The van der Waals surface area contributed by atoms with Crippen LogP contribution < -0.4 is 33.6 Å². The number of nitrogens with zero attached hydrogens (tertiary/aromatic N) is 4. The Labute approximate surface area is 220 Å². The summed E-state index contributed by atoms with van der Waals surface area (Å²) in [4.78, 5) is 15.9. The summed E-state index contributed by atoms with van der Waals surface area (Å²) < 4.78 is 62.7. The molecule has 0 amide bonds. The van der Waals surface area contributed by atoms with Gasteiger partial charge in [-0.3, -0.25) is 9.98 Å². The van der Waals surface area contributed by atoms with Crippen molar-refractivity contribution in [1.82, 2.24) is 0 Å². The van der Waals surface area contributed by atoms with E-state index in [9.17, 15) is 0 Å². The second-order valence-corrected chi connectivity index (χ2v) is 7.27. The predicted octanol–water partition coefficient (Wildman–Crippen LogP) is 3.34. The van der Waals surface area contributed by atoms with E-state index >= 15 is 0 Å². The number of aliphatic imine (C=N–C) groups is 4. The minimum Gasteiger partial charge on any atom is -0.369 e. The molecule has 2 aromatic rings. The largest absolute Gasteiger partial charge is 0.369 e. The molecule has 0 aliphatic heterocycles. The monoisotopic (exact) mass is 512 g/mol. The minimum absolute atomic E-state index is 0.128. The average molecular weight is 514 g/mol. The van der Waals surface area contributed by atoms with E-state index in [1.807, 2.05) is 0 Å². The van der Waals surface area contributed by atoms with Gasteiger partial charge in [0.2, 0.25) is 23.8 Å². The van der Waals surface area contributed by atoms with Crippen LogP contribution in [0.4, 0.5) is 11.4 Å². The standard InChI is InChI=1S/C22H30Cl2N10/c23-15-5-9-17(10-6-15)31-21(27)33-19(25)29-13-3-1-2-4-14-30-20(26)34-22(28)32-18-11-7-16(24)8-12-18/h5-12H,1-4,13-14H2,(H5,25,27,29,31,33)(H5,26,28,30,32,34)/i5D,6D,7D,8D,9D,10D,11D,12D. The third kappa shape index (κ3) is 11.4. The van der Waals surface area contributed by atoms with E-state index in [1.165, 1.54) is 0 Å². The van der Waals surface area contributed by atoms with Gasteiger partial charge in [0.05, 0.1) is 11.0 Å². The van der Waals surface area contributed by atoms with Crippen molar-refractivity contribution in [3.8, 4) is 0 Å². The van der Waals surface area contributed by atoms with Crippen LogP contribution in [0.3, 0.4) is 0 Å². The van der Waals surface area contributed by atoms with E-state index in [2.05, 4.69) is 30.6 Å². The second kappa shape index (κ2) is 14.6. The van der Waals surface area contributed by atoms with Crippen LogP contribution in [0, 0.1) is 0 Å². The Morgan fingerprint density at radius 2 is 1.00 bits per heavy atom. The normalized spacial score (nSPS) is 16.4. The molecule has 0 saturated heterocycles. The Bertz CT molecular complexity index is 1280. The Kier molecular flexibility index (Phi) is 7.31. The molecule has 10 N–H and O–H groups in total. The molecule has 182 valence electrons. The molecule has 2 rings (SSSR count). The van der Waals surface area contributed by atoms with Crippen LogP contribution in [0.1, 0.15) is 36.6 Å². The Hall–Kier alpha value is -3.50. The zero-order valence-corrected chi connectivity index (χ0v) is 19.6. The van der Waals surface area contributed by atoms with Gasteiger partial charge in [0, 0.05) is 34.5 Å². The van der Waals surface area contributed by atoms with Gasteiger partial charge in [-0.15, -0.1) is 0 Å². The van der Waals surface area contributed by atoms with Gasteiger partial charge < -0.3 is 33.6 Å². The summed E-state index contributed by atoms with van der Waals surface area (Å²) in [5.41, 5.74) is 22.7. The maximum atomic E-state index is 7.91. The molecule has 0 aromatic heterocycles. The van der Waals surface area contributed by atoms with Crippen LogP contribution in [-0.2, 0) is 0 Å². The summed E-state index contributed by atoms with van der Waals surface area (Å²) in [5.74, 6) is -0.775. The third-order valence-corrected chi connectivity index (χ3v) is 4.16. The average Bonchev–Trinajstić information content (AvgIpc) is 2.94. The van der Waals surface area contributed by atoms with Crippen molar-refractivity contribution in [2.75, 3.05) is 23.7 Å². The topological polar surface area (TPSA) is 178 Å². The molecule has 0 unspecified atom stereocenters. The predicted molar refractivity (Wildman–Crippen MR) is 145 cm³/mol. The first-order valence-corrected chi connectivity index (χ1v) is 10.8. The fourth-order valence-corrected chi connectivity index (χ4v) is 2.50. The number of hydrogen-bond acceptors (Lipinski definition) is 2. The summed E-state index contributed by atoms with van der Waals surface area (Å²) >= 11 is 11.6. The van der Waals surface area contributed by atoms with Crippen LogP contribution in [0.15, 0.2) is 68.3 Å². The molecule has 0 saturated carbocycles. The van der Waals surface area contributed by atoms with E-state index in [1.54, 1.807) is 0 Å². The maximum Gasteiger partial charge on any atom is 0.218 e. The smallest absolute Gasteiger partial charge is 0.218 e. The van der Waals surface area contributed by atoms with Crippen molar-refractivity contribution in [2.45, 2.75) is 25.7 Å². The summed E-state index contributed by atoms with van der Waals surface area (Å²) in [7, 11) is 0. The first-order valence-electron chi connectivity index (χ1n) is 14.0. The minimum atomic E-state index is -0.411. The molecule has 12 heteroatoms. The molecule has 0 spiro atoms. The second-order valence-electron chi connectivity index (χ2n) is 6.52. The van der Waals surface area contributed by atoms with Crippen molar-refractivity contribution < 1.29 is 11.0 Å². The van der Waals surface area contributed by atoms with E-state index in [4.69, 9.17) is 57.1 Å². The number of unbranched alkanes of at least 4 members (excludes halogenated alkanes) is 3. The van der Waals surface area contributed by atoms with E-state index in [0.717, 1.165) is 12.8 Å². The number of anilines is 2. The first-order chi connectivity index (χ1) is 19.7. The maximum absolute atomic E-state index is 7.91. The van der Waals surface area contributed by atoms with Gasteiger partial charge in [0.1, 0.15) is 0 Å². The first kappa shape index (κ1) is 17.0. The molecular formula is C22H30Cl2N10. The molecule has 34 heavy (non-hydrogen) atoms. The summed E-state index contributed by atoms with van der Waals surface area (Å²) in [6.07, 6.45) is 2.97. The molecular weight excluding hydrogens is 475 g/mol. The van der Waals surface area contributed by atoms with E-state index in [-0.39, 0.29) is 45.3 Å². The molecule has 0 radical (unpaired) electrons. The number of hydrogen-bond donors (Lipinski definition) is 6. The fourth-order valence-electron chi connectivity index (χ4n) is 2.31. The molecule has 0 heterocycles. The number of nitrogens with one attached hydrogen (secondary N) is 2. The summed E-state index contributed by atoms with van der Waals surface area (Å²) in [6.45, 7) is 0.729. The molecule has 0 aliphatic carbocycles. The number of guanidine groups is 4. The molecule has 10 nitrogen and oxygen atoms in total. The van der Waals surface area contributed by atoms with Crippen LogP contribution in [0.5, 0.6) is 0 Å². The number of rotatable bonds is 9. The third-order valence-electron chi connectivity index (χ3n) is 3.78. The lowest BCUT2D eigenvalue weighted by molar-refractivity contribution is 0.653. The van der Waals surface area contributed by atoms with Gasteiger partial charge in [-0.2, -0.15) is 9.98 Å². The van der Waals surface area contributed by atoms with Gasteiger partial charge in [-0.05, 0) is 61.2 Å². The van der Waals surface area contributed by atoms with Gasteiger partial charge in [-0.1, -0.05) is 36.0 Å². The highest BCUT2D eigenvalue weighted by Crippen LogP contribution is 2.13. The Morgan fingerprint density at radius 3 is 1.35 bits per heavy atom. The lowest BCUT2D eigenvalue weighted by Crippen LogP contribution is -2.26. The SMILES string of the molecule is [2H]c1c([2H])c(N/C(N)=N/C(N)=NCCCCCCN=C(N)/N=C(\N)Nc2c([2H])c([2H])c(Cl)c([2H])c2[2H])c([2H])c([2H])c1Cl. The molecule has 0 aliphatic rings. The van der Waals surface area contributed by atoms with Crippen LogP contribution in [0.2, 0.25) is 10.0 Å².